The third-order valence-electron chi connectivity index (χ3n) is 3.74. The van der Waals surface area contributed by atoms with Gasteiger partial charge in [-0.15, -0.1) is 0 Å². The Labute approximate surface area is 109 Å². The van der Waals surface area contributed by atoms with Gasteiger partial charge in [-0.05, 0) is 24.3 Å². The summed E-state index contributed by atoms with van der Waals surface area (Å²) in [4.78, 5) is 11.5. The van der Waals surface area contributed by atoms with Gasteiger partial charge in [0.2, 0.25) is 0 Å². The summed E-state index contributed by atoms with van der Waals surface area (Å²) in [6.07, 6.45) is 2.02. The highest BCUT2D eigenvalue weighted by atomic mass is 16.6. The molecule has 0 radical (unpaired) electrons. The lowest BCUT2D eigenvalue weighted by molar-refractivity contribution is -0.188. The Balaban J connectivity index is 2.18. The van der Waals surface area contributed by atoms with Gasteiger partial charge >= 0.3 is 5.97 Å². The largest absolute Gasteiger partial charge is 0.460 e. The minimum absolute atomic E-state index is 0.0211. The Kier molecular flexibility index (Phi) is 4.05. The molecule has 0 saturated carbocycles. The van der Waals surface area contributed by atoms with Crippen LogP contribution in [0.15, 0.2) is 30.3 Å². The van der Waals surface area contributed by atoms with Crippen molar-refractivity contribution in [3.05, 3.63) is 35.9 Å². The molecule has 1 unspecified atom stereocenters. The molecule has 1 saturated heterocycles. The third kappa shape index (κ3) is 2.58. The SMILES string of the molecule is CC[C@@H]1C(=O)OC1[C@H](CC(C)C)c1ccccc1. The van der Waals surface area contributed by atoms with Gasteiger partial charge in [0.25, 0.3) is 0 Å². The maximum atomic E-state index is 11.5. The molecule has 1 aromatic rings. The Morgan fingerprint density at radius 2 is 1.89 bits per heavy atom. The molecular weight excluding hydrogens is 224 g/mol. The first kappa shape index (κ1) is 13.1. The number of benzene rings is 1. The molecule has 2 heteroatoms. The second-order valence-electron chi connectivity index (χ2n) is 5.56. The molecule has 0 amide bonds. The molecule has 0 bridgehead atoms. The summed E-state index contributed by atoms with van der Waals surface area (Å²) in [6, 6.07) is 10.4. The zero-order chi connectivity index (χ0) is 13.1. The quantitative estimate of drug-likeness (QED) is 0.739. The fraction of sp³-hybridized carbons (Fsp3) is 0.562. The number of ether oxygens (including phenoxy) is 1. The van der Waals surface area contributed by atoms with Gasteiger partial charge in [-0.25, -0.2) is 0 Å². The van der Waals surface area contributed by atoms with Crippen LogP contribution in [-0.4, -0.2) is 12.1 Å². The first-order valence-electron chi connectivity index (χ1n) is 6.89. The van der Waals surface area contributed by atoms with E-state index < -0.39 is 0 Å². The highest BCUT2D eigenvalue weighted by molar-refractivity contribution is 5.78. The number of esters is 1. The van der Waals surface area contributed by atoms with Crippen LogP contribution in [0.5, 0.6) is 0 Å². The zero-order valence-electron chi connectivity index (χ0n) is 11.4. The van der Waals surface area contributed by atoms with Crippen LogP contribution in [0.2, 0.25) is 0 Å². The number of carbonyl (C=O) groups is 1. The standard InChI is InChI=1S/C16H22O2/c1-4-13-15(18-16(13)17)14(10-11(2)3)12-8-6-5-7-9-12/h5-9,11,13-15H,4,10H2,1-3H3/t13-,14+,15?/m0/s1. The normalized spacial score (nSPS) is 24.6. The minimum Gasteiger partial charge on any atom is -0.460 e. The molecular formula is C16H22O2. The molecule has 2 nitrogen and oxygen atoms in total. The molecule has 0 aliphatic carbocycles. The lowest BCUT2D eigenvalue weighted by atomic mass is 9.77. The Morgan fingerprint density at radius 3 is 2.39 bits per heavy atom. The van der Waals surface area contributed by atoms with Crippen LogP contribution in [0, 0.1) is 11.8 Å². The van der Waals surface area contributed by atoms with E-state index in [4.69, 9.17) is 4.74 Å². The molecule has 1 aliphatic heterocycles. The second kappa shape index (κ2) is 5.55. The summed E-state index contributed by atoms with van der Waals surface area (Å²) in [6.45, 7) is 6.50. The molecule has 1 heterocycles. The molecule has 0 aromatic heterocycles. The van der Waals surface area contributed by atoms with E-state index in [1.165, 1.54) is 5.56 Å². The maximum absolute atomic E-state index is 11.5. The lowest BCUT2D eigenvalue weighted by Gasteiger charge is -2.40. The third-order valence-corrected chi connectivity index (χ3v) is 3.74. The van der Waals surface area contributed by atoms with Crippen LogP contribution in [0.25, 0.3) is 0 Å². The number of rotatable bonds is 5. The van der Waals surface area contributed by atoms with E-state index in [2.05, 4.69) is 45.0 Å². The van der Waals surface area contributed by atoms with Crippen LogP contribution in [0.1, 0.15) is 45.1 Å². The first-order valence-corrected chi connectivity index (χ1v) is 6.89. The highest BCUT2D eigenvalue weighted by Crippen LogP contribution is 2.39. The van der Waals surface area contributed by atoms with Crippen molar-refractivity contribution in [3.8, 4) is 0 Å². The van der Waals surface area contributed by atoms with Crippen LogP contribution in [-0.2, 0) is 9.53 Å². The summed E-state index contributed by atoms with van der Waals surface area (Å²) in [5.74, 6) is 1.02. The highest BCUT2D eigenvalue weighted by Gasteiger charge is 2.46. The zero-order valence-corrected chi connectivity index (χ0v) is 11.4. The summed E-state index contributed by atoms with van der Waals surface area (Å²) in [5, 5.41) is 0. The average Bonchev–Trinajstić information content (AvgIpc) is 2.35. The summed E-state index contributed by atoms with van der Waals surface area (Å²) in [7, 11) is 0. The van der Waals surface area contributed by atoms with Gasteiger partial charge in [0.1, 0.15) is 6.10 Å². The van der Waals surface area contributed by atoms with Crippen LogP contribution in [0.4, 0.5) is 0 Å². The Hall–Kier alpha value is -1.31. The average molecular weight is 246 g/mol. The summed E-state index contributed by atoms with van der Waals surface area (Å²) in [5.41, 5.74) is 1.29. The predicted molar refractivity (Wildman–Crippen MR) is 72.3 cm³/mol. The van der Waals surface area contributed by atoms with E-state index in [9.17, 15) is 4.79 Å². The monoisotopic (exact) mass is 246 g/mol. The molecule has 3 atom stereocenters. The van der Waals surface area contributed by atoms with Crippen LogP contribution < -0.4 is 0 Å². The van der Waals surface area contributed by atoms with Crippen molar-refractivity contribution in [1.82, 2.24) is 0 Å². The van der Waals surface area contributed by atoms with Crippen molar-refractivity contribution >= 4 is 5.97 Å². The van der Waals surface area contributed by atoms with Crippen molar-refractivity contribution in [3.63, 3.8) is 0 Å². The van der Waals surface area contributed by atoms with Gasteiger partial charge < -0.3 is 4.74 Å². The topological polar surface area (TPSA) is 26.3 Å². The molecule has 0 spiro atoms. The molecule has 1 aromatic carbocycles. The fourth-order valence-corrected chi connectivity index (χ4v) is 2.79. The Morgan fingerprint density at radius 1 is 1.22 bits per heavy atom. The summed E-state index contributed by atoms with van der Waals surface area (Å²) < 4.78 is 5.42. The van der Waals surface area contributed by atoms with E-state index in [0.717, 1.165) is 12.8 Å². The van der Waals surface area contributed by atoms with Gasteiger partial charge in [0.15, 0.2) is 0 Å². The number of hydrogen-bond acceptors (Lipinski definition) is 2. The predicted octanol–water partition coefficient (Wildman–Crippen LogP) is 3.77. The van der Waals surface area contributed by atoms with Gasteiger partial charge in [-0.2, -0.15) is 0 Å². The van der Waals surface area contributed by atoms with Crippen molar-refractivity contribution in [1.29, 1.82) is 0 Å². The molecule has 1 aliphatic rings. The van der Waals surface area contributed by atoms with Crippen molar-refractivity contribution in [2.75, 3.05) is 0 Å². The molecule has 0 N–H and O–H groups in total. The van der Waals surface area contributed by atoms with Gasteiger partial charge in [0.05, 0.1) is 5.92 Å². The number of carbonyl (C=O) groups excluding carboxylic acids is 1. The Bertz CT molecular complexity index is 397. The maximum Gasteiger partial charge on any atom is 0.313 e. The summed E-state index contributed by atoms with van der Waals surface area (Å²) >= 11 is 0. The van der Waals surface area contributed by atoms with E-state index in [-0.39, 0.29) is 18.0 Å². The van der Waals surface area contributed by atoms with Crippen molar-refractivity contribution in [2.24, 2.45) is 11.8 Å². The smallest absolute Gasteiger partial charge is 0.313 e. The number of hydrogen-bond donors (Lipinski definition) is 0. The van der Waals surface area contributed by atoms with Gasteiger partial charge in [0, 0.05) is 5.92 Å². The van der Waals surface area contributed by atoms with Crippen LogP contribution >= 0.6 is 0 Å². The number of cyclic esters (lactones) is 1. The van der Waals surface area contributed by atoms with E-state index in [1.54, 1.807) is 0 Å². The van der Waals surface area contributed by atoms with E-state index in [0.29, 0.717) is 11.8 Å². The lowest BCUT2D eigenvalue weighted by Crippen LogP contribution is -2.48. The molecule has 2 rings (SSSR count). The minimum atomic E-state index is -0.0211. The molecule has 1 fully saturated rings. The van der Waals surface area contributed by atoms with Gasteiger partial charge in [-0.3, -0.25) is 4.79 Å². The van der Waals surface area contributed by atoms with Crippen molar-refractivity contribution < 1.29 is 9.53 Å². The fourth-order valence-electron chi connectivity index (χ4n) is 2.79. The van der Waals surface area contributed by atoms with E-state index in [1.807, 2.05) is 6.07 Å². The van der Waals surface area contributed by atoms with Crippen molar-refractivity contribution in [2.45, 2.75) is 45.6 Å². The van der Waals surface area contributed by atoms with Gasteiger partial charge in [-0.1, -0.05) is 51.1 Å². The van der Waals surface area contributed by atoms with E-state index >= 15 is 0 Å². The molecule has 18 heavy (non-hydrogen) atoms. The molecule has 98 valence electrons. The second-order valence-corrected chi connectivity index (χ2v) is 5.56. The van der Waals surface area contributed by atoms with Crippen LogP contribution in [0.3, 0.4) is 0 Å². The first-order chi connectivity index (χ1) is 8.63.